The van der Waals surface area contributed by atoms with Crippen molar-refractivity contribution in [3.8, 4) is 0 Å². The fourth-order valence-corrected chi connectivity index (χ4v) is 1.24. The normalized spacial score (nSPS) is 11.8. The van der Waals surface area contributed by atoms with Crippen LogP contribution in [-0.4, -0.2) is 23.0 Å². The van der Waals surface area contributed by atoms with Crippen LogP contribution in [-0.2, 0) is 6.18 Å². The molecule has 6 nitrogen and oxygen atoms in total. The Hall–Kier alpha value is -2.16. The van der Waals surface area contributed by atoms with Crippen molar-refractivity contribution in [2.45, 2.75) is 6.18 Å². The lowest BCUT2D eigenvalue weighted by molar-refractivity contribution is -0.384. The van der Waals surface area contributed by atoms with Gasteiger partial charge in [-0.15, -0.1) is 0 Å². The van der Waals surface area contributed by atoms with Gasteiger partial charge in [-0.05, 0) is 6.07 Å². The van der Waals surface area contributed by atoms with Gasteiger partial charge in [0.2, 0.25) is 0 Å². The number of pyridine rings is 1. The minimum Gasteiger partial charge on any atom is -0.376 e. The maximum absolute atomic E-state index is 12.5. The number of alkyl halides is 3. The molecule has 19 heavy (non-hydrogen) atoms. The number of hydrogen-bond acceptors (Lipinski definition) is 5. The number of halogens is 3. The van der Waals surface area contributed by atoms with E-state index in [0.717, 1.165) is 0 Å². The average molecular weight is 276 g/mol. The number of nitrogens with one attached hydrogen (secondary N) is 1. The van der Waals surface area contributed by atoms with Crippen molar-refractivity contribution in [1.29, 1.82) is 0 Å². The summed E-state index contributed by atoms with van der Waals surface area (Å²) in [4.78, 5) is 12.9. The predicted octanol–water partition coefficient (Wildman–Crippen LogP) is 1.94. The lowest BCUT2D eigenvalue weighted by Crippen LogP contribution is -2.11. The van der Waals surface area contributed by atoms with Crippen molar-refractivity contribution in [3.63, 3.8) is 0 Å². The van der Waals surface area contributed by atoms with Gasteiger partial charge in [-0.2, -0.15) is 13.2 Å². The molecule has 0 fully saturated rings. The predicted molar refractivity (Wildman–Crippen MR) is 62.6 cm³/mol. The maximum atomic E-state index is 12.5. The first-order valence-electron chi connectivity index (χ1n) is 5.17. The Labute approximate surface area is 106 Å². The zero-order valence-corrected chi connectivity index (χ0v) is 9.65. The molecule has 0 spiro atoms. The highest BCUT2D eigenvalue weighted by atomic mass is 19.4. The van der Waals surface area contributed by atoms with Crippen LogP contribution in [0.3, 0.4) is 0 Å². The summed E-state index contributed by atoms with van der Waals surface area (Å²) in [5.74, 6) is 0. The van der Waals surface area contributed by atoms with Gasteiger partial charge in [-0.3, -0.25) is 10.1 Å². The molecule has 3 N–H and O–H groups in total. The summed E-state index contributed by atoms with van der Waals surface area (Å²) >= 11 is 0. The van der Waals surface area contributed by atoms with Gasteiger partial charge in [0, 0.05) is 13.1 Å². The second kappa shape index (κ2) is 6.14. The average Bonchev–Trinajstić information content (AvgIpc) is 2.33. The minimum absolute atomic E-state index is 0.124. The van der Waals surface area contributed by atoms with Crippen molar-refractivity contribution < 1.29 is 18.1 Å². The number of hydrogen-bond donors (Lipinski definition) is 2. The largest absolute Gasteiger partial charge is 0.433 e. The molecule has 0 aliphatic heterocycles. The number of nitrogens with zero attached hydrogens (tertiary/aromatic N) is 2. The molecule has 0 aromatic carbocycles. The third-order valence-electron chi connectivity index (χ3n) is 2.08. The van der Waals surface area contributed by atoms with Gasteiger partial charge in [0.1, 0.15) is 17.6 Å². The van der Waals surface area contributed by atoms with Crippen LogP contribution in [0.2, 0.25) is 0 Å². The topological polar surface area (TPSA) is 94.1 Å². The molecule has 104 valence electrons. The van der Waals surface area contributed by atoms with E-state index in [0.29, 0.717) is 12.3 Å². The number of nitrogens with two attached hydrogens (primary N) is 1. The summed E-state index contributed by atoms with van der Waals surface area (Å²) < 4.78 is 37.4. The molecule has 0 unspecified atom stereocenters. The Morgan fingerprint density at radius 2 is 2.16 bits per heavy atom. The quantitative estimate of drug-likeness (QED) is 0.487. The van der Waals surface area contributed by atoms with Crippen LogP contribution in [0.5, 0.6) is 0 Å². The molecule has 0 radical (unpaired) electrons. The van der Waals surface area contributed by atoms with E-state index in [1.54, 1.807) is 12.2 Å². The van der Waals surface area contributed by atoms with Gasteiger partial charge in [0.15, 0.2) is 0 Å². The molecule has 1 aromatic heterocycles. The zero-order valence-electron chi connectivity index (χ0n) is 9.65. The smallest absolute Gasteiger partial charge is 0.376 e. The molecule has 1 aromatic rings. The summed E-state index contributed by atoms with van der Waals surface area (Å²) in [5, 5.41) is 13.2. The molecule has 0 amide bonds. The van der Waals surface area contributed by atoms with E-state index in [1.165, 1.54) is 0 Å². The number of anilines is 1. The first-order valence-corrected chi connectivity index (χ1v) is 5.17. The summed E-state index contributed by atoms with van der Waals surface area (Å²) in [6.07, 6.45) is -0.946. The summed E-state index contributed by atoms with van der Waals surface area (Å²) in [6.45, 7) is 0.396. The fourth-order valence-electron chi connectivity index (χ4n) is 1.24. The molecule has 9 heteroatoms. The van der Waals surface area contributed by atoms with Crippen molar-refractivity contribution in [3.05, 3.63) is 40.2 Å². The van der Waals surface area contributed by atoms with Crippen LogP contribution in [0.4, 0.5) is 24.5 Å². The molecule has 0 atom stereocenters. The van der Waals surface area contributed by atoms with E-state index in [9.17, 15) is 23.3 Å². The second-order valence-corrected chi connectivity index (χ2v) is 3.43. The Kier molecular flexibility index (Phi) is 4.81. The SMILES string of the molecule is NC/C=C/CNc1cc(C(F)(F)F)ncc1[N+](=O)[O-]. The second-order valence-electron chi connectivity index (χ2n) is 3.43. The van der Waals surface area contributed by atoms with Gasteiger partial charge in [0.25, 0.3) is 0 Å². The van der Waals surface area contributed by atoms with Crippen molar-refractivity contribution in [1.82, 2.24) is 4.98 Å². The summed E-state index contributed by atoms with van der Waals surface area (Å²) in [6, 6.07) is 0.606. The highest BCUT2D eigenvalue weighted by Gasteiger charge is 2.34. The fraction of sp³-hybridized carbons (Fsp3) is 0.300. The molecule has 0 aliphatic carbocycles. The van der Waals surface area contributed by atoms with E-state index in [-0.39, 0.29) is 18.8 Å². The lowest BCUT2D eigenvalue weighted by atomic mass is 10.2. The summed E-state index contributed by atoms with van der Waals surface area (Å²) in [5.41, 5.74) is 3.23. The molecule has 0 bridgehead atoms. The Morgan fingerprint density at radius 3 is 2.68 bits per heavy atom. The van der Waals surface area contributed by atoms with Crippen LogP contribution < -0.4 is 11.1 Å². The van der Waals surface area contributed by atoms with E-state index in [2.05, 4.69) is 10.3 Å². The van der Waals surface area contributed by atoms with Crippen LogP contribution in [0, 0.1) is 10.1 Å². The van der Waals surface area contributed by atoms with Gasteiger partial charge in [0.05, 0.1) is 4.92 Å². The summed E-state index contributed by atoms with van der Waals surface area (Å²) in [7, 11) is 0. The minimum atomic E-state index is -4.65. The van der Waals surface area contributed by atoms with Crippen LogP contribution in [0.25, 0.3) is 0 Å². The van der Waals surface area contributed by atoms with Crippen molar-refractivity contribution >= 4 is 11.4 Å². The molecular formula is C10H11F3N4O2. The van der Waals surface area contributed by atoms with E-state index in [4.69, 9.17) is 5.73 Å². The van der Waals surface area contributed by atoms with Crippen LogP contribution in [0.15, 0.2) is 24.4 Å². The van der Waals surface area contributed by atoms with E-state index >= 15 is 0 Å². The third kappa shape index (κ3) is 4.21. The van der Waals surface area contributed by atoms with E-state index < -0.39 is 22.5 Å². The lowest BCUT2D eigenvalue weighted by Gasteiger charge is -2.09. The van der Waals surface area contributed by atoms with E-state index in [1.807, 2.05) is 0 Å². The highest BCUT2D eigenvalue weighted by Crippen LogP contribution is 2.32. The van der Waals surface area contributed by atoms with Gasteiger partial charge in [-0.1, -0.05) is 12.2 Å². The first-order chi connectivity index (χ1) is 8.86. The van der Waals surface area contributed by atoms with Gasteiger partial charge >= 0.3 is 11.9 Å². The molecule has 1 rings (SSSR count). The Bertz CT molecular complexity index is 488. The molecule has 0 saturated heterocycles. The zero-order chi connectivity index (χ0) is 14.5. The molecule has 0 aliphatic rings. The van der Waals surface area contributed by atoms with Crippen LogP contribution in [0.1, 0.15) is 5.69 Å². The van der Waals surface area contributed by atoms with Crippen molar-refractivity contribution in [2.75, 3.05) is 18.4 Å². The Balaban J connectivity index is 3.02. The highest BCUT2D eigenvalue weighted by molar-refractivity contribution is 5.61. The third-order valence-corrected chi connectivity index (χ3v) is 2.08. The first kappa shape index (κ1) is 14.9. The standard InChI is InChI=1S/C10H11F3N4O2/c11-10(12,13)9-5-7(15-4-2-1-3-14)8(6-16-9)17(18)19/h1-2,5-6H,3-4,14H2,(H,15,16)/b2-1+. The van der Waals surface area contributed by atoms with Crippen LogP contribution >= 0.6 is 0 Å². The van der Waals surface area contributed by atoms with Gasteiger partial charge in [-0.25, -0.2) is 4.98 Å². The molecule has 1 heterocycles. The van der Waals surface area contributed by atoms with Gasteiger partial charge < -0.3 is 11.1 Å². The molecule has 0 saturated carbocycles. The number of rotatable bonds is 5. The monoisotopic (exact) mass is 276 g/mol. The molecular weight excluding hydrogens is 265 g/mol. The number of nitro groups is 1. The maximum Gasteiger partial charge on any atom is 0.433 e. The van der Waals surface area contributed by atoms with Crippen molar-refractivity contribution in [2.24, 2.45) is 5.73 Å². The number of aromatic nitrogens is 1. The Morgan fingerprint density at radius 1 is 1.47 bits per heavy atom.